The van der Waals surface area contributed by atoms with E-state index in [2.05, 4.69) is 15.5 Å². The number of anilines is 1. The van der Waals surface area contributed by atoms with E-state index in [1.165, 1.54) is 30.0 Å². The summed E-state index contributed by atoms with van der Waals surface area (Å²) in [5, 5.41) is 21.7. The number of aromatic nitrogens is 3. The molecule has 1 N–H and O–H groups in total. The molecule has 2 aromatic heterocycles. The van der Waals surface area contributed by atoms with Gasteiger partial charge in [0.15, 0.2) is 16.7 Å². The molecule has 1 amide bonds. The first-order valence-electron chi connectivity index (χ1n) is 7.71. The number of nitro groups is 1. The van der Waals surface area contributed by atoms with Gasteiger partial charge in [0.1, 0.15) is 0 Å². The number of nitro benzene ring substituents is 1. The molecule has 3 rings (SSSR count). The fourth-order valence-corrected chi connectivity index (χ4v) is 3.24. The number of furan rings is 1. The average Bonchev–Trinajstić information content (AvgIpc) is 3.27. The molecule has 1 atom stereocenters. The van der Waals surface area contributed by atoms with Crippen LogP contribution in [0.25, 0.3) is 11.6 Å². The van der Waals surface area contributed by atoms with Gasteiger partial charge in [-0.1, -0.05) is 23.4 Å². The molecular formula is C16H14ClN5O4S. The van der Waals surface area contributed by atoms with Crippen LogP contribution in [0.3, 0.4) is 0 Å². The first-order chi connectivity index (χ1) is 12.9. The van der Waals surface area contributed by atoms with Crippen molar-refractivity contribution in [3.05, 3.63) is 51.7 Å². The standard InChI is InChI=1S/C16H14ClN5O4S/c1-9(15(23)18-12-6-5-10(22(24)25)8-11(12)17)27-16-20-19-14(21(16)2)13-4-3-7-26-13/h3-9H,1-2H3,(H,18,23). The van der Waals surface area contributed by atoms with Crippen LogP contribution in [0.15, 0.2) is 46.2 Å². The third-order valence-electron chi connectivity index (χ3n) is 3.65. The first kappa shape index (κ1) is 18.9. The SMILES string of the molecule is CC(Sc1nnc(-c2ccco2)n1C)C(=O)Nc1ccc([N+](=O)[O-])cc1Cl. The van der Waals surface area contributed by atoms with Gasteiger partial charge in [0, 0.05) is 19.2 Å². The molecular weight excluding hydrogens is 394 g/mol. The van der Waals surface area contributed by atoms with Gasteiger partial charge in [-0.05, 0) is 25.1 Å². The first-order valence-corrected chi connectivity index (χ1v) is 8.97. The molecule has 0 fully saturated rings. The Morgan fingerprint density at radius 2 is 2.19 bits per heavy atom. The van der Waals surface area contributed by atoms with E-state index < -0.39 is 10.2 Å². The predicted octanol–water partition coefficient (Wildman–Crippen LogP) is 3.76. The van der Waals surface area contributed by atoms with Crippen LogP contribution in [0, 0.1) is 10.1 Å². The van der Waals surface area contributed by atoms with Gasteiger partial charge >= 0.3 is 0 Å². The maximum Gasteiger partial charge on any atom is 0.271 e. The van der Waals surface area contributed by atoms with Crippen LogP contribution in [0.1, 0.15) is 6.92 Å². The normalized spacial score (nSPS) is 12.0. The van der Waals surface area contributed by atoms with E-state index in [1.54, 1.807) is 36.9 Å². The molecule has 140 valence electrons. The highest BCUT2D eigenvalue weighted by molar-refractivity contribution is 8.00. The average molecular weight is 408 g/mol. The molecule has 0 aliphatic rings. The molecule has 0 aliphatic carbocycles. The molecule has 9 nitrogen and oxygen atoms in total. The predicted molar refractivity (Wildman–Crippen MR) is 101 cm³/mol. The minimum Gasteiger partial charge on any atom is -0.461 e. The summed E-state index contributed by atoms with van der Waals surface area (Å²) in [5.74, 6) is 0.804. The summed E-state index contributed by atoms with van der Waals surface area (Å²) in [7, 11) is 1.78. The maximum absolute atomic E-state index is 12.4. The third kappa shape index (κ3) is 4.12. The maximum atomic E-state index is 12.4. The summed E-state index contributed by atoms with van der Waals surface area (Å²) in [4.78, 5) is 22.6. The van der Waals surface area contributed by atoms with Gasteiger partial charge < -0.3 is 14.3 Å². The zero-order valence-electron chi connectivity index (χ0n) is 14.2. The Bertz CT molecular complexity index is 989. The fourth-order valence-electron chi connectivity index (χ4n) is 2.20. The van der Waals surface area contributed by atoms with Crippen LogP contribution < -0.4 is 5.32 Å². The van der Waals surface area contributed by atoms with E-state index in [9.17, 15) is 14.9 Å². The highest BCUT2D eigenvalue weighted by Crippen LogP contribution is 2.29. The molecule has 2 heterocycles. The van der Waals surface area contributed by atoms with Gasteiger partial charge in [0.25, 0.3) is 5.69 Å². The largest absolute Gasteiger partial charge is 0.461 e. The Hall–Kier alpha value is -2.85. The minimum absolute atomic E-state index is 0.0912. The van der Waals surface area contributed by atoms with Crippen LogP contribution in [0.4, 0.5) is 11.4 Å². The Kier molecular flexibility index (Phi) is 5.47. The van der Waals surface area contributed by atoms with E-state index in [-0.39, 0.29) is 16.6 Å². The van der Waals surface area contributed by atoms with Gasteiger partial charge in [0.05, 0.1) is 27.1 Å². The van der Waals surface area contributed by atoms with Gasteiger partial charge in [0.2, 0.25) is 5.91 Å². The number of rotatable bonds is 6. The fraction of sp³-hybridized carbons (Fsp3) is 0.188. The van der Waals surface area contributed by atoms with Crippen molar-refractivity contribution in [1.82, 2.24) is 14.8 Å². The Labute approximate surface area is 162 Å². The van der Waals surface area contributed by atoms with Crippen molar-refractivity contribution in [2.24, 2.45) is 7.05 Å². The lowest BCUT2D eigenvalue weighted by Gasteiger charge is -2.12. The molecule has 27 heavy (non-hydrogen) atoms. The van der Waals surface area contributed by atoms with Gasteiger partial charge in [-0.2, -0.15) is 0 Å². The zero-order chi connectivity index (χ0) is 19.6. The second-order valence-electron chi connectivity index (χ2n) is 5.51. The van der Waals surface area contributed by atoms with E-state index in [0.717, 1.165) is 0 Å². The summed E-state index contributed by atoms with van der Waals surface area (Å²) in [5.41, 5.74) is 0.152. The van der Waals surface area contributed by atoms with E-state index in [1.807, 2.05) is 0 Å². The van der Waals surface area contributed by atoms with Crippen molar-refractivity contribution in [3.8, 4) is 11.6 Å². The molecule has 11 heteroatoms. The number of carbonyl (C=O) groups excluding carboxylic acids is 1. The third-order valence-corrected chi connectivity index (χ3v) is 5.10. The molecule has 0 saturated heterocycles. The Morgan fingerprint density at radius 1 is 1.41 bits per heavy atom. The lowest BCUT2D eigenvalue weighted by molar-refractivity contribution is -0.384. The summed E-state index contributed by atoms with van der Waals surface area (Å²) in [6.07, 6.45) is 1.54. The number of nitrogens with zero attached hydrogens (tertiary/aromatic N) is 4. The number of non-ortho nitro benzene ring substituents is 1. The Morgan fingerprint density at radius 3 is 2.81 bits per heavy atom. The summed E-state index contributed by atoms with van der Waals surface area (Å²) >= 11 is 7.22. The number of thioether (sulfide) groups is 1. The summed E-state index contributed by atoms with van der Waals surface area (Å²) in [6, 6.07) is 7.38. The number of hydrogen-bond donors (Lipinski definition) is 1. The van der Waals surface area contributed by atoms with Gasteiger partial charge in [-0.15, -0.1) is 10.2 Å². The number of benzene rings is 1. The van der Waals surface area contributed by atoms with Gasteiger partial charge in [-0.3, -0.25) is 14.9 Å². The smallest absolute Gasteiger partial charge is 0.271 e. The Balaban J connectivity index is 1.69. The number of carbonyl (C=O) groups is 1. The van der Waals surface area contributed by atoms with Crippen molar-refractivity contribution in [3.63, 3.8) is 0 Å². The molecule has 1 unspecified atom stereocenters. The van der Waals surface area contributed by atoms with Crippen LogP contribution in [-0.2, 0) is 11.8 Å². The van der Waals surface area contributed by atoms with Crippen LogP contribution >= 0.6 is 23.4 Å². The lowest BCUT2D eigenvalue weighted by atomic mass is 10.2. The minimum atomic E-state index is -0.555. The highest BCUT2D eigenvalue weighted by atomic mass is 35.5. The van der Waals surface area contributed by atoms with Crippen LogP contribution in [0.2, 0.25) is 5.02 Å². The number of halogens is 1. The topological polar surface area (TPSA) is 116 Å². The van der Waals surface area contributed by atoms with Crippen molar-refractivity contribution < 1.29 is 14.1 Å². The van der Waals surface area contributed by atoms with Gasteiger partial charge in [-0.25, -0.2) is 0 Å². The van der Waals surface area contributed by atoms with Crippen molar-refractivity contribution in [2.45, 2.75) is 17.3 Å². The van der Waals surface area contributed by atoms with Crippen molar-refractivity contribution in [2.75, 3.05) is 5.32 Å². The number of hydrogen-bond acceptors (Lipinski definition) is 7. The summed E-state index contributed by atoms with van der Waals surface area (Å²) in [6.45, 7) is 1.71. The van der Waals surface area contributed by atoms with Crippen molar-refractivity contribution in [1.29, 1.82) is 0 Å². The van der Waals surface area contributed by atoms with Crippen molar-refractivity contribution >= 4 is 40.6 Å². The van der Waals surface area contributed by atoms with Crippen LogP contribution in [0.5, 0.6) is 0 Å². The number of nitrogens with one attached hydrogen (secondary N) is 1. The molecule has 0 bridgehead atoms. The molecule has 0 aliphatic heterocycles. The zero-order valence-corrected chi connectivity index (χ0v) is 15.8. The number of amides is 1. The molecule has 0 saturated carbocycles. The van der Waals surface area contributed by atoms with E-state index in [0.29, 0.717) is 22.4 Å². The molecule has 0 radical (unpaired) electrons. The molecule has 1 aromatic carbocycles. The highest BCUT2D eigenvalue weighted by Gasteiger charge is 2.21. The van der Waals surface area contributed by atoms with E-state index in [4.69, 9.17) is 16.0 Å². The quantitative estimate of drug-likeness (QED) is 0.375. The summed E-state index contributed by atoms with van der Waals surface area (Å²) < 4.78 is 7.04. The second-order valence-corrected chi connectivity index (χ2v) is 7.23. The van der Waals surface area contributed by atoms with Crippen LogP contribution in [-0.4, -0.2) is 30.8 Å². The van der Waals surface area contributed by atoms with E-state index >= 15 is 0 Å². The molecule has 3 aromatic rings. The lowest BCUT2D eigenvalue weighted by Crippen LogP contribution is -2.23. The second kappa shape index (κ2) is 7.80. The monoisotopic (exact) mass is 407 g/mol. The molecule has 0 spiro atoms.